The molecule has 1 heterocycles. The summed E-state index contributed by atoms with van der Waals surface area (Å²) < 4.78 is 14.5. The number of halogens is 1. The summed E-state index contributed by atoms with van der Waals surface area (Å²) >= 11 is 0. The predicted octanol–water partition coefficient (Wildman–Crippen LogP) is 1.23. The fourth-order valence-electron chi connectivity index (χ4n) is 1.01. The molecule has 1 rings (SSSR count). The lowest BCUT2D eigenvalue weighted by molar-refractivity contribution is 0.0990. The molecule has 0 aliphatic heterocycles. The van der Waals surface area contributed by atoms with E-state index in [4.69, 9.17) is 0 Å². The van der Waals surface area contributed by atoms with Gasteiger partial charge >= 0.3 is 0 Å². The van der Waals surface area contributed by atoms with Crippen LogP contribution < -0.4 is 0 Å². The molecule has 0 fully saturated rings. The van der Waals surface area contributed by atoms with Crippen molar-refractivity contribution in [3.63, 3.8) is 0 Å². The van der Waals surface area contributed by atoms with Crippen molar-refractivity contribution in [2.45, 2.75) is 33.0 Å². The van der Waals surface area contributed by atoms with Crippen molar-refractivity contribution in [1.29, 1.82) is 0 Å². The zero-order chi connectivity index (χ0) is 10.1. The maximum absolute atomic E-state index is 13.2. The average Bonchev–Trinajstić information content (AvgIpc) is 2.31. The molecule has 1 aromatic rings. The normalized spacial score (nSPS) is 11.7. The van der Waals surface area contributed by atoms with Crippen LogP contribution in [0.15, 0.2) is 6.33 Å². The van der Waals surface area contributed by atoms with Crippen molar-refractivity contribution in [2.24, 2.45) is 0 Å². The molecule has 1 aromatic heterocycles. The second kappa shape index (κ2) is 3.24. The van der Waals surface area contributed by atoms with Crippen LogP contribution in [0, 0.1) is 0 Å². The van der Waals surface area contributed by atoms with E-state index in [9.17, 15) is 9.18 Å². The van der Waals surface area contributed by atoms with Crippen LogP contribution in [0.5, 0.6) is 0 Å². The summed E-state index contributed by atoms with van der Waals surface area (Å²) in [7, 11) is 0. The van der Waals surface area contributed by atoms with E-state index in [0.717, 1.165) is 0 Å². The van der Waals surface area contributed by atoms with Crippen LogP contribution in [0.1, 0.15) is 31.4 Å². The van der Waals surface area contributed by atoms with Gasteiger partial charge in [0.2, 0.25) is 0 Å². The van der Waals surface area contributed by atoms with E-state index in [2.05, 4.69) is 10.1 Å². The Hall–Kier alpha value is -1.26. The Morgan fingerprint density at radius 1 is 1.69 bits per heavy atom. The molecular formula is C8H12FN3O. The molecule has 0 saturated carbocycles. The van der Waals surface area contributed by atoms with Gasteiger partial charge in [0.25, 0.3) is 0 Å². The van der Waals surface area contributed by atoms with Crippen LogP contribution in [0.2, 0.25) is 0 Å². The zero-order valence-corrected chi connectivity index (χ0v) is 7.91. The van der Waals surface area contributed by atoms with Crippen molar-refractivity contribution >= 4 is 5.78 Å². The lowest BCUT2D eigenvalue weighted by Gasteiger charge is -2.14. The molecule has 13 heavy (non-hydrogen) atoms. The maximum atomic E-state index is 13.2. The van der Waals surface area contributed by atoms with Gasteiger partial charge in [0.05, 0.1) is 6.54 Å². The molecule has 0 spiro atoms. The number of rotatable bonds is 3. The van der Waals surface area contributed by atoms with E-state index in [0.29, 0.717) is 0 Å². The second-order valence-electron chi connectivity index (χ2n) is 3.52. The number of Topliss-reactive ketones (excluding diaryl/α,β-unsaturated/α-hetero) is 1. The lowest BCUT2D eigenvalue weighted by Crippen LogP contribution is -2.24. The van der Waals surface area contributed by atoms with Gasteiger partial charge in [0.1, 0.15) is 12.0 Å². The Kier molecular flexibility index (Phi) is 2.45. The van der Waals surface area contributed by atoms with Crippen molar-refractivity contribution < 1.29 is 9.18 Å². The third-order valence-electron chi connectivity index (χ3n) is 1.46. The van der Waals surface area contributed by atoms with Gasteiger partial charge in [0.15, 0.2) is 11.6 Å². The van der Waals surface area contributed by atoms with Gasteiger partial charge in [-0.2, -0.15) is 5.10 Å². The minimum Gasteiger partial charge on any atom is -0.291 e. The van der Waals surface area contributed by atoms with E-state index < -0.39 is 5.67 Å². The first-order chi connectivity index (χ1) is 5.90. The number of carbonyl (C=O) groups excluding carboxylic acids is 1. The molecule has 0 N–H and O–H groups in total. The SMILES string of the molecule is CC(=O)c1ncnn1CC(C)(C)F. The Bertz CT molecular complexity index is 313. The summed E-state index contributed by atoms with van der Waals surface area (Å²) in [5, 5.41) is 3.77. The molecule has 0 saturated heterocycles. The number of hydrogen-bond donors (Lipinski definition) is 0. The highest BCUT2D eigenvalue weighted by molar-refractivity contribution is 5.90. The fourth-order valence-corrected chi connectivity index (χ4v) is 1.01. The van der Waals surface area contributed by atoms with Gasteiger partial charge < -0.3 is 0 Å². The summed E-state index contributed by atoms with van der Waals surface area (Å²) in [5.74, 6) is -0.00697. The molecule has 0 atom stereocenters. The lowest BCUT2D eigenvalue weighted by atomic mass is 10.2. The van der Waals surface area contributed by atoms with Crippen LogP contribution in [-0.4, -0.2) is 26.2 Å². The summed E-state index contributed by atoms with van der Waals surface area (Å²) in [6, 6.07) is 0. The van der Waals surface area contributed by atoms with Crippen LogP contribution in [0.25, 0.3) is 0 Å². The van der Waals surface area contributed by atoms with Gasteiger partial charge in [-0.25, -0.2) is 14.1 Å². The topological polar surface area (TPSA) is 47.8 Å². The molecule has 0 aliphatic rings. The summed E-state index contributed by atoms with van der Waals surface area (Å²) in [6.45, 7) is 4.28. The summed E-state index contributed by atoms with van der Waals surface area (Å²) in [5.41, 5.74) is -1.39. The number of carbonyl (C=O) groups is 1. The standard InChI is InChI=1S/C8H12FN3O/c1-6(13)7-10-5-11-12(7)4-8(2,3)9/h5H,4H2,1-3H3. The van der Waals surface area contributed by atoms with E-state index in [1.165, 1.54) is 31.8 Å². The largest absolute Gasteiger partial charge is 0.291 e. The molecule has 0 bridgehead atoms. The average molecular weight is 185 g/mol. The molecule has 72 valence electrons. The van der Waals surface area contributed by atoms with Crippen molar-refractivity contribution in [1.82, 2.24) is 14.8 Å². The Morgan fingerprint density at radius 2 is 2.31 bits per heavy atom. The van der Waals surface area contributed by atoms with E-state index in [1.807, 2.05) is 0 Å². The molecule has 0 radical (unpaired) electrons. The van der Waals surface area contributed by atoms with Gasteiger partial charge in [-0.3, -0.25) is 4.79 Å². The highest BCUT2D eigenvalue weighted by Crippen LogP contribution is 2.11. The monoisotopic (exact) mass is 185 g/mol. The minimum atomic E-state index is -1.39. The van der Waals surface area contributed by atoms with E-state index in [-0.39, 0.29) is 18.2 Å². The third kappa shape index (κ3) is 2.61. The number of aromatic nitrogens is 3. The highest BCUT2D eigenvalue weighted by Gasteiger charge is 2.20. The number of hydrogen-bond acceptors (Lipinski definition) is 3. The first kappa shape index (κ1) is 9.83. The van der Waals surface area contributed by atoms with Crippen LogP contribution >= 0.6 is 0 Å². The van der Waals surface area contributed by atoms with E-state index >= 15 is 0 Å². The summed E-state index contributed by atoms with van der Waals surface area (Å²) in [6.07, 6.45) is 1.25. The molecular weight excluding hydrogens is 173 g/mol. The zero-order valence-electron chi connectivity index (χ0n) is 7.91. The summed E-state index contributed by atoms with van der Waals surface area (Å²) in [4.78, 5) is 14.7. The second-order valence-corrected chi connectivity index (χ2v) is 3.52. The van der Waals surface area contributed by atoms with Crippen LogP contribution in [0.3, 0.4) is 0 Å². The van der Waals surface area contributed by atoms with Gasteiger partial charge in [0, 0.05) is 6.92 Å². The Morgan fingerprint density at radius 3 is 2.77 bits per heavy atom. The quantitative estimate of drug-likeness (QED) is 0.665. The molecule has 0 aliphatic carbocycles. The van der Waals surface area contributed by atoms with Gasteiger partial charge in [-0.15, -0.1) is 0 Å². The van der Waals surface area contributed by atoms with Crippen molar-refractivity contribution in [3.05, 3.63) is 12.2 Å². The Balaban J connectivity index is 2.89. The van der Waals surface area contributed by atoms with Gasteiger partial charge in [-0.1, -0.05) is 0 Å². The minimum absolute atomic E-state index is 0.0436. The smallest absolute Gasteiger partial charge is 0.196 e. The first-order valence-electron chi connectivity index (χ1n) is 3.98. The fraction of sp³-hybridized carbons (Fsp3) is 0.625. The molecule has 4 nitrogen and oxygen atoms in total. The van der Waals surface area contributed by atoms with Crippen molar-refractivity contribution in [2.75, 3.05) is 0 Å². The molecule has 0 amide bonds. The maximum Gasteiger partial charge on any atom is 0.196 e. The highest BCUT2D eigenvalue weighted by atomic mass is 19.1. The van der Waals surface area contributed by atoms with Crippen LogP contribution in [-0.2, 0) is 6.54 Å². The van der Waals surface area contributed by atoms with Gasteiger partial charge in [-0.05, 0) is 13.8 Å². The number of nitrogens with zero attached hydrogens (tertiary/aromatic N) is 3. The Labute approximate surface area is 75.8 Å². The first-order valence-corrected chi connectivity index (χ1v) is 3.98. The number of ketones is 1. The molecule has 5 heteroatoms. The molecule has 0 aromatic carbocycles. The predicted molar refractivity (Wildman–Crippen MR) is 45.2 cm³/mol. The van der Waals surface area contributed by atoms with Crippen molar-refractivity contribution in [3.8, 4) is 0 Å². The molecule has 0 unspecified atom stereocenters. The van der Waals surface area contributed by atoms with Crippen LogP contribution in [0.4, 0.5) is 4.39 Å². The third-order valence-corrected chi connectivity index (χ3v) is 1.46. The van der Waals surface area contributed by atoms with E-state index in [1.54, 1.807) is 0 Å². The number of alkyl halides is 1.